The predicted octanol–water partition coefficient (Wildman–Crippen LogP) is 3.91. The Morgan fingerprint density at radius 3 is 2.43 bits per heavy atom. The second-order valence-electron chi connectivity index (χ2n) is 7.87. The van der Waals surface area contributed by atoms with Crippen LogP contribution in [-0.2, 0) is 26.1 Å². The highest BCUT2D eigenvalue weighted by atomic mass is 35.5. The van der Waals surface area contributed by atoms with E-state index in [1.807, 2.05) is 0 Å². The van der Waals surface area contributed by atoms with Crippen molar-refractivity contribution in [2.45, 2.75) is 36.5 Å². The van der Waals surface area contributed by atoms with Gasteiger partial charge in [0, 0.05) is 23.7 Å². The van der Waals surface area contributed by atoms with Gasteiger partial charge in [0.05, 0.1) is 23.5 Å². The van der Waals surface area contributed by atoms with Crippen molar-refractivity contribution in [2.24, 2.45) is 5.92 Å². The fourth-order valence-corrected chi connectivity index (χ4v) is 5.42. The summed E-state index contributed by atoms with van der Waals surface area (Å²) in [5.41, 5.74) is -0.402. The summed E-state index contributed by atoms with van der Waals surface area (Å²) >= 11 is 5.82. The van der Waals surface area contributed by atoms with Crippen LogP contribution < -0.4 is 5.32 Å². The Morgan fingerprint density at radius 1 is 1.20 bits per heavy atom. The van der Waals surface area contributed by atoms with E-state index in [4.69, 9.17) is 11.6 Å². The maximum atomic E-state index is 14.8. The van der Waals surface area contributed by atoms with Crippen LogP contribution in [-0.4, -0.2) is 50.5 Å². The summed E-state index contributed by atoms with van der Waals surface area (Å²) in [6, 6.07) is 6.15. The Labute approximate surface area is 204 Å². The summed E-state index contributed by atoms with van der Waals surface area (Å²) in [5.74, 6) is -4.72. The largest absolute Gasteiger partial charge is 0.465 e. The number of carbonyl (C=O) groups excluding carboxylic acids is 2. The Morgan fingerprint density at radius 2 is 1.86 bits per heavy atom. The van der Waals surface area contributed by atoms with E-state index in [1.165, 1.54) is 18.2 Å². The molecule has 0 bridgehead atoms. The highest BCUT2D eigenvalue weighted by Crippen LogP contribution is 2.36. The lowest BCUT2D eigenvalue weighted by molar-refractivity contribution is -0.179. The van der Waals surface area contributed by atoms with Gasteiger partial charge in [-0.2, -0.15) is 17.5 Å². The first-order chi connectivity index (χ1) is 16.3. The maximum absolute atomic E-state index is 14.8. The highest BCUT2D eigenvalue weighted by molar-refractivity contribution is 7.89. The van der Waals surface area contributed by atoms with Crippen LogP contribution in [0.2, 0.25) is 5.02 Å². The summed E-state index contributed by atoms with van der Waals surface area (Å²) in [6.45, 7) is -1.06. The number of halogens is 5. The first-order valence-corrected chi connectivity index (χ1v) is 12.1. The standard InChI is InChI=1S/C22H21ClF4N2O5S/c1-34-21(31)13-2-3-14(18(24)10-13)12-29(35(32,33)17-6-4-16(23)5-7-17)19-11-15(22(25,26)27)8-9-28-20(19)30/h2-7,10,15,19H,8-9,11-12H2,1H3,(H,28,30). The Kier molecular flexibility index (Phi) is 8.07. The number of amides is 1. The third-order valence-corrected chi connectivity index (χ3v) is 7.75. The quantitative estimate of drug-likeness (QED) is 0.446. The topological polar surface area (TPSA) is 92.8 Å². The first-order valence-electron chi connectivity index (χ1n) is 10.3. The molecule has 1 aliphatic rings. The van der Waals surface area contributed by atoms with Crippen LogP contribution in [0.15, 0.2) is 47.4 Å². The number of nitrogens with one attached hydrogen (secondary N) is 1. The molecular weight excluding hydrogens is 516 g/mol. The summed E-state index contributed by atoms with van der Waals surface area (Å²) in [6.07, 6.45) is -5.94. The van der Waals surface area contributed by atoms with E-state index < -0.39 is 65.2 Å². The number of nitrogens with zero attached hydrogens (tertiary/aromatic N) is 1. The second-order valence-corrected chi connectivity index (χ2v) is 10.2. The van der Waals surface area contributed by atoms with Crippen molar-refractivity contribution in [2.75, 3.05) is 13.7 Å². The summed E-state index contributed by atoms with van der Waals surface area (Å²) in [7, 11) is -3.50. The molecule has 13 heteroatoms. The zero-order valence-corrected chi connectivity index (χ0v) is 19.9. The molecule has 3 rings (SSSR count). The van der Waals surface area contributed by atoms with Gasteiger partial charge in [-0.25, -0.2) is 17.6 Å². The number of benzene rings is 2. The van der Waals surface area contributed by atoms with Crippen LogP contribution in [0.5, 0.6) is 0 Å². The number of methoxy groups -OCH3 is 1. The van der Waals surface area contributed by atoms with Crippen LogP contribution in [0.1, 0.15) is 28.8 Å². The SMILES string of the molecule is COC(=O)c1ccc(CN(C2CC(C(F)(F)F)CCNC2=O)S(=O)(=O)c2ccc(Cl)cc2)c(F)c1. The average Bonchev–Trinajstić information content (AvgIpc) is 2.99. The van der Waals surface area contributed by atoms with E-state index in [0.29, 0.717) is 4.31 Å². The van der Waals surface area contributed by atoms with Crippen molar-refractivity contribution in [3.8, 4) is 0 Å². The number of hydrogen-bond acceptors (Lipinski definition) is 5. The minimum Gasteiger partial charge on any atom is -0.465 e. The van der Waals surface area contributed by atoms with Crippen LogP contribution in [0, 0.1) is 11.7 Å². The van der Waals surface area contributed by atoms with Gasteiger partial charge in [0.15, 0.2) is 0 Å². The lowest BCUT2D eigenvalue weighted by Gasteiger charge is -2.31. The zero-order chi connectivity index (χ0) is 26.0. The van der Waals surface area contributed by atoms with Crippen LogP contribution >= 0.6 is 11.6 Å². The van der Waals surface area contributed by atoms with E-state index in [9.17, 15) is 35.6 Å². The van der Waals surface area contributed by atoms with Crippen LogP contribution in [0.3, 0.4) is 0 Å². The molecule has 1 saturated heterocycles. The minimum atomic E-state index is -4.67. The Balaban J connectivity index is 2.09. The number of hydrogen-bond donors (Lipinski definition) is 1. The molecular formula is C22H21ClF4N2O5S. The van der Waals surface area contributed by atoms with Gasteiger partial charge >= 0.3 is 12.1 Å². The van der Waals surface area contributed by atoms with Gasteiger partial charge in [-0.3, -0.25) is 4.79 Å². The van der Waals surface area contributed by atoms with Gasteiger partial charge in [0.2, 0.25) is 15.9 Å². The van der Waals surface area contributed by atoms with Gasteiger partial charge in [-0.1, -0.05) is 17.7 Å². The molecule has 1 amide bonds. The van der Waals surface area contributed by atoms with E-state index in [2.05, 4.69) is 10.1 Å². The molecule has 0 spiro atoms. The molecule has 1 fully saturated rings. The molecule has 190 valence electrons. The lowest BCUT2D eigenvalue weighted by atomic mass is 9.97. The summed E-state index contributed by atoms with van der Waals surface area (Å²) in [5, 5.41) is 2.53. The van der Waals surface area contributed by atoms with Crippen LogP contribution in [0.25, 0.3) is 0 Å². The van der Waals surface area contributed by atoms with Crippen molar-refractivity contribution in [1.29, 1.82) is 0 Å². The zero-order valence-electron chi connectivity index (χ0n) is 18.3. The monoisotopic (exact) mass is 536 g/mol. The number of alkyl halides is 3. The highest BCUT2D eigenvalue weighted by Gasteiger charge is 2.47. The van der Waals surface area contributed by atoms with Crippen molar-refractivity contribution >= 4 is 33.5 Å². The molecule has 2 aromatic carbocycles. The van der Waals surface area contributed by atoms with Gasteiger partial charge in [-0.15, -0.1) is 0 Å². The van der Waals surface area contributed by atoms with E-state index in [1.54, 1.807) is 0 Å². The van der Waals surface area contributed by atoms with Crippen LogP contribution in [0.4, 0.5) is 17.6 Å². The minimum absolute atomic E-state index is 0.148. The fourth-order valence-electron chi connectivity index (χ4n) is 3.72. The average molecular weight is 537 g/mol. The molecule has 35 heavy (non-hydrogen) atoms. The lowest BCUT2D eigenvalue weighted by Crippen LogP contribution is -2.49. The fraction of sp³-hybridized carbons (Fsp3) is 0.364. The molecule has 7 nitrogen and oxygen atoms in total. The van der Waals surface area contributed by atoms with Crippen molar-refractivity contribution in [3.63, 3.8) is 0 Å². The number of ether oxygens (including phenoxy) is 1. The van der Waals surface area contributed by atoms with E-state index >= 15 is 0 Å². The molecule has 1 heterocycles. The van der Waals surface area contributed by atoms with Gasteiger partial charge < -0.3 is 10.1 Å². The molecule has 1 N–H and O–H groups in total. The summed E-state index contributed by atoms with van der Waals surface area (Å²) < 4.78 is 87.6. The number of rotatable bonds is 6. The van der Waals surface area contributed by atoms with E-state index in [0.717, 1.165) is 31.4 Å². The number of carbonyl (C=O) groups is 2. The van der Waals surface area contributed by atoms with Gasteiger partial charge in [0.25, 0.3) is 0 Å². The third kappa shape index (κ3) is 6.11. The Hall–Kier alpha value is -2.70. The molecule has 0 radical (unpaired) electrons. The molecule has 2 atom stereocenters. The van der Waals surface area contributed by atoms with Crippen molar-refractivity contribution in [3.05, 3.63) is 64.4 Å². The molecule has 0 aromatic heterocycles. The maximum Gasteiger partial charge on any atom is 0.391 e. The van der Waals surface area contributed by atoms with E-state index in [-0.39, 0.29) is 27.6 Å². The molecule has 2 unspecified atom stereocenters. The Bertz CT molecular complexity index is 1210. The predicted molar refractivity (Wildman–Crippen MR) is 117 cm³/mol. The third-order valence-electron chi connectivity index (χ3n) is 5.63. The molecule has 1 aliphatic heterocycles. The normalized spacial score (nSPS) is 19.2. The molecule has 2 aromatic rings. The van der Waals surface area contributed by atoms with Crippen molar-refractivity contribution < 1.29 is 40.3 Å². The molecule has 0 saturated carbocycles. The van der Waals surface area contributed by atoms with Gasteiger partial charge in [-0.05, 0) is 49.2 Å². The van der Waals surface area contributed by atoms with Crippen molar-refractivity contribution in [1.82, 2.24) is 9.62 Å². The van der Waals surface area contributed by atoms with Gasteiger partial charge in [0.1, 0.15) is 11.9 Å². The number of sulfonamides is 1. The smallest absolute Gasteiger partial charge is 0.391 e. The second kappa shape index (κ2) is 10.5. The molecule has 0 aliphatic carbocycles. The summed E-state index contributed by atoms with van der Waals surface area (Å²) in [4.78, 5) is 24.1. The number of esters is 1. The first kappa shape index (κ1) is 26.9.